The molecule has 23 heavy (non-hydrogen) atoms. The first-order valence-electron chi connectivity index (χ1n) is 8.25. The molecule has 5 aliphatic rings. The van der Waals surface area contributed by atoms with Gasteiger partial charge in [-0.2, -0.15) is 0 Å². The third-order valence-electron chi connectivity index (χ3n) is 6.17. The van der Waals surface area contributed by atoms with Gasteiger partial charge in [0.1, 0.15) is 0 Å². The molecule has 116 valence electrons. The molecule has 2 saturated carbocycles. The molecule has 0 spiro atoms. The highest BCUT2D eigenvalue weighted by molar-refractivity contribution is 6.23. The number of amides is 2. The van der Waals surface area contributed by atoms with Crippen molar-refractivity contribution in [3.63, 3.8) is 0 Å². The van der Waals surface area contributed by atoms with E-state index in [0.29, 0.717) is 23.1 Å². The van der Waals surface area contributed by atoms with E-state index in [1.165, 1.54) is 11.8 Å². The molecule has 1 heterocycles. The molecule has 2 bridgehead atoms. The van der Waals surface area contributed by atoms with E-state index in [9.17, 15) is 14.4 Å². The van der Waals surface area contributed by atoms with E-state index in [2.05, 4.69) is 12.2 Å². The highest BCUT2D eigenvalue weighted by Gasteiger charge is 2.67. The fourth-order valence-corrected chi connectivity index (χ4v) is 5.08. The van der Waals surface area contributed by atoms with Gasteiger partial charge in [-0.05, 0) is 49.1 Å². The maximum atomic E-state index is 13.0. The predicted octanol–water partition coefficient (Wildman–Crippen LogP) is 2.45. The number of ketones is 1. The van der Waals surface area contributed by atoms with Crippen molar-refractivity contribution < 1.29 is 14.4 Å². The minimum atomic E-state index is -0.192. The van der Waals surface area contributed by atoms with Gasteiger partial charge in [0.15, 0.2) is 5.78 Å². The summed E-state index contributed by atoms with van der Waals surface area (Å²) >= 11 is 0. The average Bonchev–Trinajstić information content (AvgIpc) is 3.32. The molecule has 3 fully saturated rings. The highest BCUT2D eigenvalue weighted by Crippen LogP contribution is 2.65. The van der Waals surface area contributed by atoms with Crippen molar-refractivity contribution in [2.24, 2.45) is 35.5 Å². The van der Waals surface area contributed by atoms with Gasteiger partial charge in [-0.25, -0.2) is 4.90 Å². The van der Waals surface area contributed by atoms with Crippen LogP contribution in [0.5, 0.6) is 0 Å². The van der Waals surface area contributed by atoms with Crippen LogP contribution < -0.4 is 4.90 Å². The fraction of sp³-hybridized carbons (Fsp3) is 0.421. The standard InChI is InChI=1S/C19H17NO3/c1-9(21)10-3-2-4-11(7-10)20-18(22)16-12-5-6-13(15-8-14(12)15)17(16)19(20)23/h2-7,12-17H,8H2,1H3/t12-,13-,14-,15+,16+,17+/m0/s1. The Morgan fingerprint density at radius 1 is 1.04 bits per heavy atom. The lowest BCUT2D eigenvalue weighted by Crippen LogP contribution is -2.40. The minimum absolute atomic E-state index is 0.0636. The van der Waals surface area contributed by atoms with E-state index < -0.39 is 0 Å². The van der Waals surface area contributed by atoms with Gasteiger partial charge in [-0.15, -0.1) is 0 Å². The normalized spacial score (nSPS) is 39.4. The van der Waals surface area contributed by atoms with Gasteiger partial charge in [0, 0.05) is 5.56 Å². The summed E-state index contributed by atoms with van der Waals surface area (Å²) in [6, 6.07) is 6.85. The fourth-order valence-electron chi connectivity index (χ4n) is 5.08. The number of carbonyl (C=O) groups excluding carboxylic acids is 3. The van der Waals surface area contributed by atoms with Gasteiger partial charge in [-0.1, -0.05) is 24.3 Å². The van der Waals surface area contributed by atoms with Crippen LogP contribution in [0.25, 0.3) is 0 Å². The highest BCUT2D eigenvalue weighted by atomic mass is 16.2. The van der Waals surface area contributed by atoms with Crippen LogP contribution >= 0.6 is 0 Å². The number of carbonyl (C=O) groups is 3. The number of anilines is 1. The first-order chi connectivity index (χ1) is 11.1. The topological polar surface area (TPSA) is 54.5 Å². The number of benzene rings is 1. The third-order valence-corrected chi connectivity index (χ3v) is 6.17. The summed E-state index contributed by atoms with van der Waals surface area (Å²) in [5, 5.41) is 0. The van der Waals surface area contributed by atoms with Crippen molar-refractivity contribution in [3.8, 4) is 0 Å². The van der Waals surface area contributed by atoms with E-state index in [0.717, 1.165) is 6.42 Å². The molecular weight excluding hydrogens is 290 g/mol. The molecule has 0 N–H and O–H groups in total. The van der Waals surface area contributed by atoms with Crippen LogP contribution in [-0.4, -0.2) is 17.6 Å². The van der Waals surface area contributed by atoms with Crippen LogP contribution in [0, 0.1) is 35.5 Å². The molecule has 4 heteroatoms. The van der Waals surface area contributed by atoms with Gasteiger partial charge < -0.3 is 0 Å². The summed E-state index contributed by atoms with van der Waals surface area (Å²) in [4.78, 5) is 38.9. The lowest BCUT2D eigenvalue weighted by atomic mass is 9.63. The van der Waals surface area contributed by atoms with E-state index in [4.69, 9.17) is 0 Å². The molecule has 2 amide bonds. The summed E-state index contributed by atoms with van der Waals surface area (Å²) in [5.41, 5.74) is 1.07. The quantitative estimate of drug-likeness (QED) is 0.479. The van der Waals surface area contributed by atoms with E-state index in [-0.39, 0.29) is 41.3 Å². The van der Waals surface area contributed by atoms with Crippen LogP contribution in [0.2, 0.25) is 0 Å². The lowest BCUT2D eigenvalue weighted by Gasteiger charge is -2.37. The second kappa shape index (κ2) is 4.19. The Balaban J connectivity index is 1.57. The van der Waals surface area contributed by atoms with Crippen LogP contribution in [0.15, 0.2) is 36.4 Å². The Morgan fingerprint density at radius 3 is 2.22 bits per heavy atom. The van der Waals surface area contributed by atoms with E-state index in [1.54, 1.807) is 24.3 Å². The Labute approximate surface area is 134 Å². The SMILES string of the molecule is CC(=O)c1cccc(N2C(=O)[C@@H]3[C@H]4C=C[C@@H]([C@@H]5C[C@H]45)[C@H]3C2=O)c1. The Hall–Kier alpha value is -2.23. The van der Waals surface area contributed by atoms with Gasteiger partial charge in [0.2, 0.25) is 11.8 Å². The van der Waals surface area contributed by atoms with Gasteiger partial charge >= 0.3 is 0 Å². The van der Waals surface area contributed by atoms with Crippen molar-refractivity contribution in [2.45, 2.75) is 13.3 Å². The summed E-state index contributed by atoms with van der Waals surface area (Å²) in [6.45, 7) is 1.49. The molecule has 6 rings (SSSR count). The maximum Gasteiger partial charge on any atom is 0.238 e. The van der Waals surface area contributed by atoms with E-state index in [1.807, 2.05) is 0 Å². The Kier molecular flexibility index (Phi) is 2.41. The molecule has 0 aromatic heterocycles. The number of imide groups is 1. The molecule has 4 nitrogen and oxygen atoms in total. The third kappa shape index (κ3) is 1.58. The average molecular weight is 307 g/mol. The van der Waals surface area contributed by atoms with Crippen molar-refractivity contribution in [3.05, 3.63) is 42.0 Å². The number of nitrogens with zero attached hydrogens (tertiary/aromatic N) is 1. The van der Waals surface area contributed by atoms with Crippen molar-refractivity contribution in [2.75, 3.05) is 4.90 Å². The number of Topliss-reactive ketones (excluding diaryl/α,β-unsaturated/α-hetero) is 1. The zero-order valence-electron chi connectivity index (χ0n) is 12.8. The zero-order chi connectivity index (χ0) is 15.9. The monoisotopic (exact) mass is 307 g/mol. The van der Waals surface area contributed by atoms with Crippen LogP contribution in [0.4, 0.5) is 5.69 Å². The second-order valence-corrected chi connectivity index (χ2v) is 7.27. The van der Waals surface area contributed by atoms with Crippen molar-refractivity contribution >= 4 is 23.3 Å². The lowest BCUT2D eigenvalue weighted by molar-refractivity contribution is -0.124. The molecule has 4 aliphatic carbocycles. The second-order valence-electron chi connectivity index (χ2n) is 7.27. The van der Waals surface area contributed by atoms with Gasteiger partial charge in [0.05, 0.1) is 17.5 Å². The predicted molar refractivity (Wildman–Crippen MR) is 83.6 cm³/mol. The number of hydrogen-bond donors (Lipinski definition) is 0. The summed E-state index contributed by atoms with van der Waals surface area (Å²) in [7, 11) is 0. The van der Waals surface area contributed by atoms with E-state index >= 15 is 0 Å². The largest absolute Gasteiger partial charge is 0.295 e. The molecular formula is C19H17NO3. The molecule has 1 saturated heterocycles. The van der Waals surface area contributed by atoms with Crippen LogP contribution in [0.1, 0.15) is 23.7 Å². The molecule has 0 unspecified atom stereocenters. The Bertz CT molecular complexity index is 760. The summed E-state index contributed by atoms with van der Waals surface area (Å²) in [6.07, 6.45) is 5.50. The van der Waals surface area contributed by atoms with Crippen LogP contribution in [0.3, 0.4) is 0 Å². The maximum absolute atomic E-state index is 13.0. The minimum Gasteiger partial charge on any atom is -0.295 e. The van der Waals surface area contributed by atoms with Gasteiger partial charge in [-0.3, -0.25) is 14.4 Å². The van der Waals surface area contributed by atoms with Gasteiger partial charge in [0.25, 0.3) is 0 Å². The van der Waals surface area contributed by atoms with Crippen LogP contribution in [-0.2, 0) is 9.59 Å². The van der Waals surface area contributed by atoms with Crippen molar-refractivity contribution in [1.82, 2.24) is 0 Å². The Morgan fingerprint density at radius 2 is 1.65 bits per heavy atom. The summed E-state index contributed by atoms with van der Waals surface area (Å²) in [5.74, 6) is 1.06. The number of allylic oxidation sites excluding steroid dienone is 2. The zero-order valence-corrected chi connectivity index (χ0v) is 12.8. The molecule has 0 radical (unpaired) electrons. The first kappa shape index (κ1) is 13.2. The molecule has 1 aromatic rings. The number of rotatable bonds is 2. The smallest absolute Gasteiger partial charge is 0.238 e. The summed E-state index contributed by atoms with van der Waals surface area (Å²) < 4.78 is 0. The molecule has 1 aliphatic heterocycles. The first-order valence-corrected chi connectivity index (χ1v) is 8.25. The molecule has 1 aromatic carbocycles. The number of hydrogen-bond acceptors (Lipinski definition) is 3. The van der Waals surface area contributed by atoms with Crippen molar-refractivity contribution in [1.29, 1.82) is 0 Å². The molecule has 6 atom stereocenters.